The lowest BCUT2D eigenvalue weighted by Gasteiger charge is -2.18. The van der Waals surface area contributed by atoms with Crippen molar-refractivity contribution >= 4 is 11.6 Å². The molecule has 0 fully saturated rings. The SMILES string of the molecule is CCn1nc(C)cc1C(=O)N(C)c1ccc(CN)cc1. The number of carbonyl (C=O) groups is 1. The molecule has 1 aromatic carbocycles. The van der Waals surface area contributed by atoms with Crippen LogP contribution in [0.5, 0.6) is 0 Å². The van der Waals surface area contributed by atoms with E-state index in [0.29, 0.717) is 18.8 Å². The van der Waals surface area contributed by atoms with Crippen LogP contribution in [0.1, 0.15) is 28.7 Å². The smallest absolute Gasteiger partial charge is 0.276 e. The van der Waals surface area contributed by atoms with Gasteiger partial charge in [0, 0.05) is 25.8 Å². The number of anilines is 1. The lowest BCUT2D eigenvalue weighted by atomic mass is 10.2. The van der Waals surface area contributed by atoms with Crippen LogP contribution in [0, 0.1) is 6.92 Å². The topological polar surface area (TPSA) is 64.2 Å². The number of benzene rings is 1. The number of aryl methyl sites for hydroxylation is 2. The molecule has 0 aliphatic rings. The van der Waals surface area contributed by atoms with Crippen molar-refractivity contribution in [3.05, 3.63) is 47.3 Å². The molecular formula is C15H20N4O. The number of hydrogen-bond acceptors (Lipinski definition) is 3. The lowest BCUT2D eigenvalue weighted by Crippen LogP contribution is -2.28. The number of nitrogens with two attached hydrogens (primary N) is 1. The van der Waals surface area contributed by atoms with E-state index in [4.69, 9.17) is 5.73 Å². The van der Waals surface area contributed by atoms with Crippen LogP contribution < -0.4 is 10.6 Å². The minimum atomic E-state index is -0.0621. The van der Waals surface area contributed by atoms with E-state index in [1.54, 1.807) is 16.6 Å². The normalized spacial score (nSPS) is 10.6. The summed E-state index contributed by atoms with van der Waals surface area (Å²) in [5.74, 6) is -0.0621. The third-order valence-corrected chi connectivity index (χ3v) is 3.28. The molecule has 1 heterocycles. The summed E-state index contributed by atoms with van der Waals surface area (Å²) in [7, 11) is 1.77. The zero-order chi connectivity index (χ0) is 14.7. The maximum absolute atomic E-state index is 12.5. The second-order valence-corrected chi connectivity index (χ2v) is 4.72. The average molecular weight is 272 g/mol. The van der Waals surface area contributed by atoms with Crippen molar-refractivity contribution < 1.29 is 4.79 Å². The molecule has 2 N–H and O–H groups in total. The van der Waals surface area contributed by atoms with E-state index in [1.165, 1.54) is 0 Å². The van der Waals surface area contributed by atoms with Gasteiger partial charge in [-0.25, -0.2) is 0 Å². The minimum Gasteiger partial charge on any atom is -0.326 e. The second-order valence-electron chi connectivity index (χ2n) is 4.72. The number of hydrogen-bond donors (Lipinski definition) is 1. The molecule has 106 valence electrons. The van der Waals surface area contributed by atoms with E-state index in [9.17, 15) is 4.79 Å². The van der Waals surface area contributed by atoms with Crippen molar-refractivity contribution in [2.75, 3.05) is 11.9 Å². The fourth-order valence-corrected chi connectivity index (χ4v) is 2.10. The van der Waals surface area contributed by atoms with Gasteiger partial charge in [-0.05, 0) is 37.6 Å². The maximum atomic E-state index is 12.5. The molecular weight excluding hydrogens is 252 g/mol. The van der Waals surface area contributed by atoms with Gasteiger partial charge in [0.1, 0.15) is 5.69 Å². The Labute approximate surface area is 119 Å². The van der Waals surface area contributed by atoms with Crippen LogP contribution in [0.25, 0.3) is 0 Å². The van der Waals surface area contributed by atoms with E-state index >= 15 is 0 Å². The number of aromatic nitrogens is 2. The molecule has 5 heteroatoms. The van der Waals surface area contributed by atoms with E-state index < -0.39 is 0 Å². The predicted octanol–water partition coefficient (Wildman–Crippen LogP) is 1.95. The zero-order valence-corrected chi connectivity index (χ0v) is 12.1. The van der Waals surface area contributed by atoms with Crippen LogP contribution >= 0.6 is 0 Å². The lowest BCUT2D eigenvalue weighted by molar-refractivity contribution is 0.0983. The van der Waals surface area contributed by atoms with Crippen LogP contribution in [-0.4, -0.2) is 22.7 Å². The molecule has 1 amide bonds. The number of carbonyl (C=O) groups excluding carboxylic acids is 1. The first-order valence-electron chi connectivity index (χ1n) is 6.68. The fraction of sp³-hybridized carbons (Fsp3) is 0.333. The summed E-state index contributed by atoms with van der Waals surface area (Å²) in [5.41, 5.74) is 8.92. The van der Waals surface area contributed by atoms with E-state index in [1.807, 2.05) is 44.2 Å². The van der Waals surface area contributed by atoms with Crippen molar-refractivity contribution in [3.63, 3.8) is 0 Å². The van der Waals surface area contributed by atoms with Gasteiger partial charge in [0.2, 0.25) is 0 Å². The highest BCUT2D eigenvalue weighted by Crippen LogP contribution is 2.17. The van der Waals surface area contributed by atoms with Crippen LogP contribution in [0.4, 0.5) is 5.69 Å². The Bertz CT molecular complexity index is 601. The molecule has 0 radical (unpaired) electrons. The van der Waals surface area contributed by atoms with Crippen LogP contribution in [0.2, 0.25) is 0 Å². The van der Waals surface area contributed by atoms with Crippen molar-refractivity contribution in [1.82, 2.24) is 9.78 Å². The maximum Gasteiger partial charge on any atom is 0.276 e. The molecule has 0 unspecified atom stereocenters. The summed E-state index contributed by atoms with van der Waals surface area (Å²) in [6.45, 7) is 5.03. The average Bonchev–Trinajstić information content (AvgIpc) is 2.87. The summed E-state index contributed by atoms with van der Waals surface area (Å²) in [5, 5.41) is 4.31. The molecule has 1 aromatic heterocycles. The highest BCUT2D eigenvalue weighted by Gasteiger charge is 2.18. The largest absolute Gasteiger partial charge is 0.326 e. The first-order valence-corrected chi connectivity index (χ1v) is 6.68. The number of rotatable bonds is 4. The summed E-state index contributed by atoms with van der Waals surface area (Å²) in [6, 6.07) is 9.48. The minimum absolute atomic E-state index is 0.0621. The molecule has 0 aliphatic carbocycles. The van der Waals surface area contributed by atoms with Crippen molar-refractivity contribution in [2.24, 2.45) is 5.73 Å². The summed E-state index contributed by atoms with van der Waals surface area (Å²) in [6.07, 6.45) is 0. The van der Waals surface area contributed by atoms with E-state index in [2.05, 4.69) is 5.10 Å². The van der Waals surface area contributed by atoms with E-state index in [-0.39, 0.29) is 5.91 Å². The fourth-order valence-electron chi connectivity index (χ4n) is 2.10. The summed E-state index contributed by atoms with van der Waals surface area (Å²) in [4.78, 5) is 14.2. The molecule has 5 nitrogen and oxygen atoms in total. The standard InChI is InChI=1S/C15H20N4O/c1-4-19-14(9-11(2)17-19)15(20)18(3)13-7-5-12(10-16)6-8-13/h5-9H,4,10,16H2,1-3H3. The Morgan fingerprint density at radius 3 is 2.55 bits per heavy atom. The Morgan fingerprint density at radius 2 is 2.00 bits per heavy atom. The van der Waals surface area contributed by atoms with Gasteiger partial charge in [-0.1, -0.05) is 12.1 Å². The monoisotopic (exact) mass is 272 g/mol. The Kier molecular flexibility index (Phi) is 4.20. The van der Waals surface area contributed by atoms with E-state index in [0.717, 1.165) is 16.9 Å². The predicted molar refractivity (Wildman–Crippen MR) is 79.7 cm³/mol. The molecule has 0 saturated carbocycles. The van der Waals surface area contributed by atoms with Crippen LogP contribution in [0.15, 0.2) is 30.3 Å². The van der Waals surface area contributed by atoms with Gasteiger partial charge < -0.3 is 10.6 Å². The van der Waals surface area contributed by atoms with Gasteiger partial charge in [0.25, 0.3) is 5.91 Å². The number of amides is 1. The number of nitrogens with zero attached hydrogens (tertiary/aromatic N) is 3. The first-order chi connectivity index (χ1) is 9.56. The van der Waals surface area contributed by atoms with Crippen molar-refractivity contribution in [2.45, 2.75) is 26.9 Å². The summed E-state index contributed by atoms with van der Waals surface area (Å²) >= 11 is 0. The summed E-state index contributed by atoms with van der Waals surface area (Å²) < 4.78 is 1.72. The molecule has 0 saturated heterocycles. The highest BCUT2D eigenvalue weighted by molar-refractivity contribution is 6.04. The molecule has 0 aliphatic heterocycles. The second kappa shape index (κ2) is 5.88. The molecule has 0 spiro atoms. The quantitative estimate of drug-likeness (QED) is 0.925. The highest BCUT2D eigenvalue weighted by atomic mass is 16.2. The third-order valence-electron chi connectivity index (χ3n) is 3.28. The molecule has 0 atom stereocenters. The van der Waals surface area contributed by atoms with Gasteiger partial charge in [-0.15, -0.1) is 0 Å². The van der Waals surface area contributed by atoms with Gasteiger partial charge in [-0.2, -0.15) is 5.10 Å². The van der Waals surface area contributed by atoms with Gasteiger partial charge in [0.15, 0.2) is 0 Å². The van der Waals surface area contributed by atoms with Gasteiger partial charge >= 0.3 is 0 Å². The molecule has 2 aromatic rings. The molecule has 0 bridgehead atoms. The van der Waals surface area contributed by atoms with Crippen LogP contribution in [-0.2, 0) is 13.1 Å². The molecule has 20 heavy (non-hydrogen) atoms. The molecule has 2 rings (SSSR count). The third kappa shape index (κ3) is 2.72. The van der Waals surface area contributed by atoms with Gasteiger partial charge in [0.05, 0.1) is 5.69 Å². The van der Waals surface area contributed by atoms with Gasteiger partial charge in [-0.3, -0.25) is 9.48 Å². The Hall–Kier alpha value is -2.14. The van der Waals surface area contributed by atoms with Crippen LogP contribution in [0.3, 0.4) is 0 Å². The Balaban J connectivity index is 2.27. The Morgan fingerprint density at radius 1 is 1.35 bits per heavy atom. The van der Waals surface area contributed by atoms with Crippen molar-refractivity contribution in [3.8, 4) is 0 Å². The van der Waals surface area contributed by atoms with Crippen molar-refractivity contribution in [1.29, 1.82) is 0 Å². The zero-order valence-electron chi connectivity index (χ0n) is 12.1. The first kappa shape index (κ1) is 14.3.